The number of hydrogen-bond donors (Lipinski definition) is 1. The lowest BCUT2D eigenvalue weighted by molar-refractivity contribution is 0.0360. The molecule has 0 atom stereocenters. The summed E-state index contributed by atoms with van der Waals surface area (Å²) in [5.74, 6) is 0.880. The van der Waals surface area contributed by atoms with Gasteiger partial charge in [0.1, 0.15) is 12.4 Å². The van der Waals surface area contributed by atoms with E-state index in [9.17, 15) is 0 Å². The molecule has 0 aromatic heterocycles. The topological polar surface area (TPSA) is 49.0 Å². The van der Waals surface area contributed by atoms with Gasteiger partial charge < -0.3 is 24.0 Å². The van der Waals surface area contributed by atoms with Gasteiger partial charge in [0.2, 0.25) is 0 Å². The highest BCUT2D eigenvalue weighted by atomic mass is 28.4. The van der Waals surface area contributed by atoms with Crippen LogP contribution in [0.1, 0.15) is 31.9 Å². The Morgan fingerprint density at radius 1 is 0.595 bits per heavy atom. The van der Waals surface area contributed by atoms with E-state index in [1.807, 2.05) is 30.3 Å². The molecule has 0 bridgehead atoms. The Bertz CT molecular complexity index is 1260. The molecule has 42 heavy (non-hydrogen) atoms. The van der Waals surface area contributed by atoms with E-state index in [2.05, 4.69) is 111 Å². The normalized spacial score (nSPS) is 11.9. The lowest BCUT2D eigenvalue weighted by atomic mass is 10.2. The summed E-state index contributed by atoms with van der Waals surface area (Å²) in [6.07, 6.45) is 0. The maximum absolute atomic E-state index is 6.87. The van der Waals surface area contributed by atoms with Crippen molar-refractivity contribution in [3.8, 4) is 5.75 Å². The van der Waals surface area contributed by atoms with Gasteiger partial charge in [-0.05, 0) is 38.7 Å². The van der Waals surface area contributed by atoms with Crippen molar-refractivity contribution in [2.24, 2.45) is 0 Å². The molecule has 0 fully saturated rings. The maximum Gasteiger partial charge on any atom is 0.261 e. The molecule has 0 saturated carbocycles. The van der Waals surface area contributed by atoms with Crippen molar-refractivity contribution < 1.29 is 18.6 Å². The van der Waals surface area contributed by atoms with Crippen molar-refractivity contribution in [1.82, 2.24) is 5.32 Å². The number of ether oxygens (including phenoxy) is 3. The summed E-state index contributed by atoms with van der Waals surface area (Å²) in [6, 6.07) is 39.8. The van der Waals surface area contributed by atoms with Crippen LogP contribution in [0.4, 0.5) is 0 Å². The average molecular weight is 584 g/mol. The van der Waals surface area contributed by atoms with E-state index in [-0.39, 0.29) is 5.04 Å². The first-order valence-corrected chi connectivity index (χ1v) is 16.8. The molecule has 4 aromatic rings. The maximum atomic E-state index is 6.87. The Balaban J connectivity index is 1.13. The number of nitrogens with one attached hydrogen (secondary N) is 1. The third-order valence-corrected chi connectivity index (χ3v) is 12.3. The molecular formula is C36H45NO4Si. The minimum Gasteiger partial charge on any atom is -0.489 e. The Morgan fingerprint density at radius 3 is 1.76 bits per heavy atom. The van der Waals surface area contributed by atoms with E-state index in [1.165, 1.54) is 15.9 Å². The second-order valence-corrected chi connectivity index (χ2v) is 15.6. The molecule has 0 heterocycles. The van der Waals surface area contributed by atoms with Crippen molar-refractivity contribution in [2.45, 2.75) is 39.0 Å². The zero-order valence-electron chi connectivity index (χ0n) is 25.3. The van der Waals surface area contributed by atoms with E-state index in [4.69, 9.17) is 18.6 Å². The van der Waals surface area contributed by atoms with Crippen LogP contribution >= 0.6 is 0 Å². The molecule has 0 aliphatic carbocycles. The van der Waals surface area contributed by atoms with Crippen LogP contribution in [-0.2, 0) is 27.1 Å². The SMILES string of the molecule is CC(C)(C)[Si](OCCOCCOCCNCc1cccc(OCc2ccccc2)c1)(c1ccccc1)c1ccccc1. The Morgan fingerprint density at radius 2 is 1.14 bits per heavy atom. The van der Waals surface area contributed by atoms with E-state index < -0.39 is 8.32 Å². The standard InChI is InChI=1S/C36H45NO4Si/c1-36(2,3)42(34-18-9-5-10-19-34,35-20-11-6-12-21-35)41-27-26-39-25-24-38-23-22-37-29-32-16-13-17-33(28-32)40-30-31-14-7-4-8-15-31/h4-21,28,37H,22-27,29-30H2,1-3H3. The zero-order valence-corrected chi connectivity index (χ0v) is 26.3. The molecule has 0 saturated heterocycles. The van der Waals surface area contributed by atoms with Crippen molar-refractivity contribution in [3.05, 3.63) is 126 Å². The van der Waals surface area contributed by atoms with Crippen LogP contribution in [0.2, 0.25) is 5.04 Å². The third-order valence-electron chi connectivity index (χ3n) is 7.23. The fraction of sp³-hybridized carbons (Fsp3) is 0.333. The number of hydrogen-bond acceptors (Lipinski definition) is 5. The van der Waals surface area contributed by atoms with Crippen LogP contribution in [0.15, 0.2) is 115 Å². The highest BCUT2D eigenvalue weighted by molar-refractivity contribution is 6.99. The Labute approximate surface area is 252 Å². The molecule has 0 unspecified atom stereocenters. The Hall–Kier alpha value is -3.26. The minimum absolute atomic E-state index is 0.0394. The fourth-order valence-corrected chi connectivity index (χ4v) is 9.75. The second-order valence-electron chi connectivity index (χ2n) is 11.3. The average Bonchev–Trinajstić information content (AvgIpc) is 3.02. The number of benzene rings is 4. The van der Waals surface area contributed by atoms with E-state index in [0.717, 1.165) is 24.4 Å². The van der Waals surface area contributed by atoms with Crippen LogP contribution < -0.4 is 20.4 Å². The van der Waals surface area contributed by atoms with E-state index in [1.54, 1.807) is 0 Å². The monoisotopic (exact) mass is 583 g/mol. The molecule has 4 rings (SSSR count). The van der Waals surface area contributed by atoms with Crippen molar-refractivity contribution >= 4 is 18.7 Å². The van der Waals surface area contributed by atoms with Gasteiger partial charge in [-0.25, -0.2) is 0 Å². The van der Waals surface area contributed by atoms with Crippen LogP contribution in [0, 0.1) is 0 Å². The quantitative estimate of drug-likeness (QED) is 0.123. The van der Waals surface area contributed by atoms with Gasteiger partial charge in [-0.2, -0.15) is 0 Å². The van der Waals surface area contributed by atoms with Crippen LogP contribution in [0.3, 0.4) is 0 Å². The largest absolute Gasteiger partial charge is 0.489 e. The van der Waals surface area contributed by atoms with Gasteiger partial charge >= 0.3 is 0 Å². The summed E-state index contributed by atoms with van der Waals surface area (Å²) >= 11 is 0. The van der Waals surface area contributed by atoms with Crippen LogP contribution in [0.25, 0.3) is 0 Å². The fourth-order valence-electron chi connectivity index (χ4n) is 5.20. The molecule has 5 nitrogen and oxygen atoms in total. The summed E-state index contributed by atoms with van der Waals surface area (Å²) in [5.41, 5.74) is 2.35. The van der Waals surface area contributed by atoms with Gasteiger partial charge in [-0.15, -0.1) is 0 Å². The highest BCUT2D eigenvalue weighted by Crippen LogP contribution is 2.36. The molecule has 1 N–H and O–H groups in total. The molecular weight excluding hydrogens is 538 g/mol. The van der Waals surface area contributed by atoms with E-state index in [0.29, 0.717) is 39.6 Å². The Kier molecular flexibility index (Phi) is 12.4. The molecule has 0 radical (unpaired) electrons. The summed E-state index contributed by atoms with van der Waals surface area (Å²) < 4.78 is 24.5. The zero-order chi connectivity index (χ0) is 29.5. The molecule has 6 heteroatoms. The minimum atomic E-state index is -2.52. The van der Waals surface area contributed by atoms with Gasteiger partial charge in [0, 0.05) is 13.1 Å². The van der Waals surface area contributed by atoms with Crippen LogP contribution in [0.5, 0.6) is 5.75 Å². The van der Waals surface area contributed by atoms with Gasteiger partial charge in [0.15, 0.2) is 0 Å². The first kappa shape index (κ1) is 31.7. The second kappa shape index (κ2) is 16.4. The van der Waals surface area contributed by atoms with Crippen molar-refractivity contribution in [3.63, 3.8) is 0 Å². The molecule has 4 aromatic carbocycles. The first-order chi connectivity index (χ1) is 20.5. The molecule has 0 amide bonds. The molecule has 222 valence electrons. The van der Waals surface area contributed by atoms with Gasteiger partial charge in [0.05, 0.1) is 33.0 Å². The third kappa shape index (κ3) is 9.12. The highest BCUT2D eigenvalue weighted by Gasteiger charge is 2.49. The summed E-state index contributed by atoms with van der Waals surface area (Å²) in [7, 11) is -2.52. The van der Waals surface area contributed by atoms with Gasteiger partial charge in [-0.1, -0.05) is 124 Å². The molecule has 0 aliphatic heterocycles. The predicted octanol–water partition coefficient (Wildman–Crippen LogP) is 5.97. The molecule has 0 aliphatic rings. The van der Waals surface area contributed by atoms with Crippen molar-refractivity contribution in [1.29, 1.82) is 0 Å². The first-order valence-electron chi connectivity index (χ1n) is 14.9. The van der Waals surface area contributed by atoms with E-state index >= 15 is 0 Å². The number of rotatable bonds is 17. The van der Waals surface area contributed by atoms with Crippen molar-refractivity contribution in [2.75, 3.05) is 39.6 Å². The molecule has 0 spiro atoms. The van der Waals surface area contributed by atoms with Gasteiger partial charge in [-0.3, -0.25) is 0 Å². The summed E-state index contributed by atoms with van der Waals surface area (Å²) in [6.45, 7) is 11.8. The van der Waals surface area contributed by atoms with Gasteiger partial charge in [0.25, 0.3) is 8.32 Å². The smallest absolute Gasteiger partial charge is 0.261 e. The predicted molar refractivity (Wildman–Crippen MR) is 174 cm³/mol. The van der Waals surface area contributed by atoms with Crippen LogP contribution in [-0.4, -0.2) is 47.9 Å². The summed E-state index contributed by atoms with van der Waals surface area (Å²) in [5, 5.41) is 5.97. The summed E-state index contributed by atoms with van der Waals surface area (Å²) in [4.78, 5) is 0. The lowest BCUT2D eigenvalue weighted by Gasteiger charge is -2.43. The lowest BCUT2D eigenvalue weighted by Crippen LogP contribution is -2.66.